The molecule has 1 fully saturated rings. The highest BCUT2D eigenvalue weighted by Crippen LogP contribution is 2.22. The zero-order valence-electron chi connectivity index (χ0n) is 20.8. The van der Waals surface area contributed by atoms with E-state index in [-0.39, 0.29) is 18.9 Å². The Bertz CT molecular complexity index is 559. The second-order valence-electron chi connectivity index (χ2n) is 9.09. The van der Waals surface area contributed by atoms with E-state index in [0.29, 0.717) is 0 Å². The molecule has 1 amide bonds. The van der Waals surface area contributed by atoms with Gasteiger partial charge in [-0.3, -0.25) is 4.79 Å². The minimum Gasteiger partial charge on any atom is -0.394 e. The molecule has 1 rings (SSSR count). The van der Waals surface area contributed by atoms with E-state index in [1.807, 2.05) is 6.08 Å². The molecule has 0 spiro atoms. The van der Waals surface area contributed by atoms with E-state index in [2.05, 4.69) is 12.2 Å². The highest BCUT2D eigenvalue weighted by atomic mass is 16.7. The summed E-state index contributed by atoms with van der Waals surface area (Å²) in [4.78, 5) is 11.9. The predicted octanol–water partition coefficient (Wildman–Crippen LogP) is 1.54. The van der Waals surface area contributed by atoms with Crippen LogP contribution in [0.2, 0.25) is 0 Å². The molecular formula is C25H47NO8. The minimum absolute atomic E-state index is 0.196. The number of nitrogens with one attached hydrogen (secondary N) is 1. The van der Waals surface area contributed by atoms with Crippen molar-refractivity contribution in [3.63, 3.8) is 0 Å². The summed E-state index contributed by atoms with van der Waals surface area (Å²) in [6, 6.07) is -0.792. The normalized spacial score (nSPS) is 27.1. The molecule has 0 radical (unpaired) electrons. The molecular weight excluding hydrogens is 442 g/mol. The molecule has 1 saturated heterocycles. The second-order valence-corrected chi connectivity index (χ2v) is 9.09. The van der Waals surface area contributed by atoms with E-state index in [0.717, 1.165) is 19.3 Å². The van der Waals surface area contributed by atoms with E-state index in [4.69, 9.17) is 9.47 Å². The maximum atomic E-state index is 11.9. The van der Waals surface area contributed by atoms with Crippen molar-refractivity contribution in [3.05, 3.63) is 12.2 Å². The molecule has 4 unspecified atom stereocenters. The number of hydrogen-bond acceptors (Lipinski definition) is 8. The molecule has 1 heterocycles. The lowest BCUT2D eigenvalue weighted by Gasteiger charge is -2.40. The molecule has 9 heteroatoms. The van der Waals surface area contributed by atoms with Crippen molar-refractivity contribution in [2.45, 2.75) is 127 Å². The van der Waals surface area contributed by atoms with Crippen LogP contribution in [-0.2, 0) is 14.3 Å². The Morgan fingerprint density at radius 3 is 2.18 bits per heavy atom. The van der Waals surface area contributed by atoms with Crippen molar-refractivity contribution < 1.29 is 39.8 Å². The van der Waals surface area contributed by atoms with Crippen LogP contribution < -0.4 is 5.32 Å². The summed E-state index contributed by atoms with van der Waals surface area (Å²) < 4.78 is 10.8. The lowest BCUT2D eigenvalue weighted by atomic mass is 9.99. The van der Waals surface area contributed by atoms with Gasteiger partial charge in [-0.15, -0.1) is 0 Å². The summed E-state index contributed by atoms with van der Waals surface area (Å²) in [5, 5.41) is 52.4. The van der Waals surface area contributed by atoms with E-state index in [1.54, 1.807) is 13.0 Å². The summed E-state index contributed by atoms with van der Waals surface area (Å²) in [5.41, 5.74) is 0. The Kier molecular flexibility index (Phi) is 16.6. The van der Waals surface area contributed by atoms with Gasteiger partial charge in [-0.2, -0.15) is 0 Å². The highest BCUT2D eigenvalue weighted by molar-refractivity contribution is 5.75. The fourth-order valence-electron chi connectivity index (χ4n) is 3.88. The van der Waals surface area contributed by atoms with Crippen molar-refractivity contribution >= 4 is 5.91 Å². The zero-order chi connectivity index (χ0) is 25.3. The SMILES string of the molecule is CCCCCCCCCCC/C=C/[C@@H](O)[C@H](COC1OC(CO)C(O)C(O)[C@@H]1O)NC(=O)CC. The fraction of sp³-hybridized carbons (Fsp3) is 0.880. The number of ether oxygens (including phenoxy) is 2. The monoisotopic (exact) mass is 489 g/mol. The summed E-state index contributed by atoms with van der Waals surface area (Å²) in [7, 11) is 0. The van der Waals surface area contributed by atoms with Crippen molar-refractivity contribution in [1.29, 1.82) is 0 Å². The lowest BCUT2D eigenvalue weighted by Crippen LogP contribution is -2.60. The molecule has 34 heavy (non-hydrogen) atoms. The number of unbranched alkanes of at least 4 members (excludes halogenated alkanes) is 9. The number of rotatable bonds is 18. The molecule has 0 saturated carbocycles. The van der Waals surface area contributed by atoms with Crippen LogP contribution in [0.4, 0.5) is 0 Å². The molecule has 7 atom stereocenters. The Balaban J connectivity index is 2.45. The first-order valence-electron chi connectivity index (χ1n) is 12.9. The van der Waals surface area contributed by atoms with E-state index in [1.165, 1.54) is 44.9 Å². The van der Waals surface area contributed by atoms with Gasteiger partial charge in [0, 0.05) is 6.42 Å². The molecule has 0 aliphatic carbocycles. The van der Waals surface area contributed by atoms with Gasteiger partial charge in [0.05, 0.1) is 25.4 Å². The summed E-state index contributed by atoms with van der Waals surface area (Å²) >= 11 is 0. The number of aliphatic hydroxyl groups is 5. The van der Waals surface area contributed by atoms with Crippen LogP contribution in [0.15, 0.2) is 12.2 Å². The number of allylic oxidation sites excluding steroid dienone is 1. The number of hydrogen-bond donors (Lipinski definition) is 6. The fourth-order valence-corrected chi connectivity index (χ4v) is 3.88. The van der Waals surface area contributed by atoms with Gasteiger partial charge in [-0.05, 0) is 12.8 Å². The van der Waals surface area contributed by atoms with Gasteiger partial charge in [-0.25, -0.2) is 0 Å². The van der Waals surface area contributed by atoms with Gasteiger partial charge in [-0.1, -0.05) is 77.4 Å². The number of carbonyl (C=O) groups is 1. The summed E-state index contributed by atoms with van der Waals surface area (Å²) in [6.07, 6.45) is 7.74. The quantitative estimate of drug-likeness (QED) is 0.125. The Morgan fingerprint density at radius 2 is 1.59 bits per heavy atom. The average molecular weight is 490 g/mol. The van der Waals surface area contributed by atoms with Crippen LogP contribution in [-0.4, -0.2) is 87.5 Å². The maximum Gasteiger partial charge on any atom is 0.220 e. The van der Waals surface area contributed by atoms with Crippen LogP contribution in [0.5, 0.6) is 0 Å². The van der Waals surface area contributed by atoms with Crippen LogP contribution >= 0.6 is 0 Å². The van der Waals surface area contributed by atoms with E-state index in [9.17, 15) is 30.3 Å². The molecule has 0 aromatic rings. The van der Waals surface area contributed by atoms with Gasteiger partial charge in [0.15, 0.2) is 6.29 Å². The standard InChI is InChI=1S/C25H47NO8/c1-3-5-6-7-8-9-10-11-12-13-14-15-19(28)18(26-21(29)4-2)17-33-25-24(32)23(31)22(30)20(16-27)34-25/h14-15,18-20,22-25,27-28,30-32H,3-13,16-17H2,1-2H3,(H,26,29)/b15-14+/t18-,19+,20?,22?,23?,24-,25?/m0/s1. The Morgan fingerprint density at radius 1 is 0.971 bits per heavy atom. The zero-order valence-corrected chi connectivity index (χ0v) is 20.8. The molecule has 6 N–H and O–H groups in total. The minimum atomic E-state index is -1.55. The third-order valence-electron chi connectivity index (χ3n) is 6.18. The largest absolute Gasteiger partial charge is 0.394 e. The molecule has 200 valence electrons. The summed E-state index contributed by atoms with van der Waals surface area (Å²) in [5.74, 6) is -0.270. The number of amides is 1. The molecule has 1 aliphatic heterocycles. The first kappa shape index (κ1) is 31.0. The van der Waals surface area contributed by atoms with E-state index < -0.39 is 49.5 Å². The van der Waals surface area contributed by atoms with Gasteiger partial charge in [0.25, 0.3) is 0 Å². The number of aliphatic hydroxyl groups excluding tert-OH is 5. The van der Waals surface area contributed by atoms with Crippen LogP contribution in [0, 0.1) is 0 Å². The Labute approximate surface area is 204 Å². The Hall–Kier alpha value is -1.07. The first-order chi connectivity index (χ1) is 16.3. The van der Waals surface area contributed by atoms with Crippen LogP contribution in [0.1, 0.15) is 84.5 Å². The van der Waals surface area contributed by atoms with Crippen molar-refractivity contribution in [2.24, 2.45) is 0 Å². The van der Waals surface area contributed by atoms with Gasteiger partial charge in [0.1, 0.15) is 24.4 Å². The third-order valence-corrected chi connectivity index (χ3v) is 6.18. The third kappa shape index (κ3) is 11.6. The molecule has 9 nitrogen and oxygen atoms in total. The lowest BCUT2D eigenvalue weighted by molar-refractivity contribution is -0.302. The predicted molar refractivity (Wildman–Crippen MR) is 129 cm³/mol. The van der Waals surface area contributed by atoms with Crippen molar-refractivity contribution in [3.8, 4) is 0 Å². The maximum absolute atomic E-state index is 11.9. The van der Waals surface area contributed by atoms with Crippen LogP contribution in [0.3, 0.4) is 0 Å². The molecule has 0 bridgehead atoms. The summed E-state index contributed by atoms with van der Waals surface area (Å²) in [6.45, 7) is 3.15. The molecule has 0 aromatic heterocycles. The second kappa shape index (κ2) is 18.2. The average Bonchev–Trinajstić information content (AvgIpc) is 2.84. The molecule has 1 aliphatic rings. The topological polar surface area (TPSA) is 149 Å². The van der Waals surface area contributed by atoms with Gasteiger partial charge in [0.2, 0.25) is 5.91 Å². The van der Waals surface area contributed by atoms with Gasteiger partial charge >= 0.3 is 0 Å². The van der Waals surface area contributed by atoms with Crippen LogP contribution in [0.25, 0.3) is 0 Å². The highest BCUT2D eigenvalue weighted by Gasteiger charge is 2.44. The van der Waals surface area contributed by atoms with Gasteiger partial charge < -0.3 is 40.3 Å². The number of carbonyl (C=O) groups excluding carboxylic acids is 1. The molecule has 0 aromatic carbocycles. The van der Waals surface area contributed by atoms with Crippen molar-refractivity contribution in [2.75, 3.05) is 13.2 Å². The smallest absolute Gasteiger partial charge is 0.220 e. The van der Waals surface area contributed by atoms with E-state index >= 15 is 0 Å². The van der Waals surface area contributed by atoms with Crippen molar-refractivity contribution in [1.82, 2.24) is 5.32 Å². The first-order valence-corrected chi connectivity index (χ1v) is 12.9.